The summed E-state index contributed by atoms with van der Waals surface area (Å²) in [6, 6.07) is 8.42. The fraction of sp³-hybridized carbons (Fsp3) is 0.500. The first kappa shape index (κ1) is 18.9. The molecule has 1 atom stereocenters. The van der Waals surface area contributed by atoms with E-state index in [1.54, 1.807) is 16.7 Å². The molecule has 0 radical (unpaired) electrons. The number of nitrogens with zero attached hydrogens (tertiary/aromatic N) is 2. The van der Waals surface area contributed by atoms with E-state index in [-0.39, 0.29) is 12.3 Å². The van der Waals surface area contributed by atoms with Gasteiger partial charge in [0.2, 0.25) is 0 Å². The molecule has 0 saturated carbocycles. The van der Waals surface area contributed by atoms with Gasteiger partial charge >= 0.3 is 0 Å². The Bertz CT molecular complexity index is 867. The third-order valence-electron chi connectivity index (χ3n) is 4.70. The molecule has 2 aromatic rings. The van der Waals surface area contributed by atoms with Gasteiger partial charge in [0.1, 0.15) is 6.73 Å². The number of nitrogens with one attached hydrogen (secondary N) is 1. The van der Waals surface area contributed by atoms with E-state index in [1.165, 1.54) is 0 Å². The van der Waals surface area contributed by atoms with Crippen molar-refractivity contribution in [1.29, 1.82) is 0 Å². The quantitative estimate of drug-likeness (QED) is 0.622. The molecule has 5 nitrogen and oxygen atoms in total. The number of hydrogen-bond donors (Lipinski definition) is 1. The molecule has 0 aliphatic carbocycles. The molecule has 0 amide bonds. The second-order valence-corrected chi connectivity index (χ2v) is 14.0. The number of hydrogen-bond acceptors (Lipinski definition) is 4. The Kier molecular flexibility index (Phi) is 5.63. The van der Waals surface area contributed by atoms with E-state index in [4.69, 9.17) is 9.72 Å². The molecule has 0 saturated heterocycles. The van der Waals surface area contributed by atoms with Crippen LogP contribution in [0, 0.1) is 5.92 Å². The van der Waals surface area contributed by atoms with Crippen molar-refractivity contribution in [3.8, 4) is 0 Å². The van der Waals surface area contributed by atoms with Gasteiger partial charge in [-0.05, 0) is 36.6 Å². The molecule has 1 unspecified atom stereocenters. The third-order valence-corrected chi connectivity index (χ3v) is 6.41. The molecule has 6 heteroatoms. The van der Waals surface area contributed by atoms with Gasteiger partial charge in [0, 0.05) is 27.3 Å². The SMILES string of the molecule is CC1CC=C(c2ccc3c(ccc(=O)n3COCC[Si](C)(C)C)n2)NC1. The average molecular weight is 372 g/mol. The van der Waals surface area contributed by atoms with Gasteiger partial charge in [-0.1, -0.05) is 32.6 Å². The lowest BCUT2D eigenvalue weighted by Crippen LogP contribution is -2.25. The first-order valence-corrected chi connectivity index (χ1v) is 13.1. The minimum absolute atomic E-state index is 0.0520. The van der Waals surface area contributed by atoms with Crippen LogP contribution in [0.3, 0.4) is 0 Å². The van der Waals surface area contributed by atoms with Crippen molar-refractivity contribution in [3.63, 3.8) is 0 Å². The first-order valence-electron chi connectivity index (χ1n) is 9.36. The highest BCUT2D eigenvalue weighted by atomic mass is 28.3. The lowest BCUT2D eigenvalue weighted by molar-refractivity contribution is 0.0878. The summed E-state index contributed by atoms with van der Waals surface area (Å²) in [7, 11) is -1.13. The zero-order valence-corrected chi connectivity index (χ0v) is 17.2. The molecule has 0 bridgehead atoms. The largest absolute Gasteiger partial charge is 0.383 e. The average Bonchev–Trinajstić information content (AvgIpc) is 2.59. The van der Waals surface area contributed by atoms with Crippen LogP contribution < -0.4 is 10.9 Å². The minimum atomic E-state index is -1.13. The summed E-state index contributed by atoms with van der Waals surface area (Å²) in [5, 5.41) is 3.44. The van der Waals surface area contributed by atoms with Crippen LogP contribution in [0.25, 0.3) is 16.7 Å². The second-order valence-electron chi connectivity index (χ2n) is 8.39. The Morgan fingerprint density at radius 3 is 2.77 bits per heavy atom. The maximum atomic E-state index is 12.3. The lowest BCUT2D eigenvalue weighted by Gasteiger charge is -2.20. The van der Waals surface area contributed by atoms with Crippen molar-refractivity contribution in [3.05, 3.63) is 46.4 Å². The molecule has 3 heterocycles. The number of aromatic nitrogens is 2. The summed E-state index contributed by atoms with van der Waals surface area (Å²) < 4.78 is 7.46. The van der Waals surface area contributed by atoms with Gasteiger partial charge in [-0.3, -0.25) is 9.36 Å². The monoisotopic (exact) mass is 371 g/mol. The lowest BCUT2D eigenvalue weighted by atomic mass is 10.0. The van der Waals surface area contributed by atoms with Crippen LogP contribution in [0.5, 0.6) is 0 Å². The summed E-state index contributed by atoms with van der Waals surface area (Å²) in [6.45, 7) is 11.1. The van der Waals surface area contributed by atoms with Crippen LogP contribution in [0.1, 0.15) is 19.0 Å². The number of fused-ring (bicyclic) bond motifs is 1. The topological polar surface area (TPSA) is 56.2 Å². The van der Waals surface area contributed by atoms with Gasteiger partial charge in [-0.2, -0.15) is 0 Å². The van der Waals surface area contributed by atoms with Crippen LogP contribution in [0.4, 0.5) is 0 Å². The maximum Gasteiger partial charge on any atom is 0.253 e. The first-order chi connectivity index (χ1) is 12.3. The second kappa shape index (κ2) is 7.76. The van der Waals surface area contributed by atoms with Crippen molar-refractivity contribution in [1.82, 2.24) is 14.9 Å². The van der Waals surface area contributed by atoms with E-state index in [0.29, 0.717) is 12.5 Å². The van der Waals surface area contributed by atoms with Crippen molar-refractivity contribution < 1.29 is 4.74 Å². The molecule has 140 valence electrons. The summed E-state index contributed by atoms with van der Waals surface area (Å²) in [5.41, 5.74) is 3.59. The Morgan fingerprint density at radius 1 is 1.27 bits per heavy atom. The normalized spacial score (nSPS) is 17.8. The van der Waals surface area contributed by atoms with Crippen molar-refractivity contribution in [2.45, 2.75) is 45.8 Å². The smallest absolute Gasteiger partial charge is 0.253 e. The van der Waals surface area contributed by atoms with Crippen LogP contribution >= 0.6 is 0 Å². The van der Waals surface area contributed by atoms with Gasteiger partial charge in [0.25, 0.3) is 5.56 Å². The van der Waals surface area contributed by atoms with Crippen molar-refractivity contribution in [2.75, 3.05) is 13.2 Å². The van der Waals surface area contributed by atoms with Gasteiger partial charge < -0.3 is 10.1 Å². The van der Waals surface area contributed by atoms with Gasteiger partial charge in [0.05, 0.1) is 22.4 Å². The number of allylic oxidation sites excluding steroid dienone is 1. The molecule has 1 N–H and O–H groups in total. The van der Waals surface area contributed by atoms with Gasteiger partial charge in [0.15, 0.2) is 0 Å². The van der Waals surface area contributed by atoms with Gasteiger partial charge in [-0.25, -0.2) is 4.98 Å². The van der Waals surface area contributed by atoms with E-state index in [2.05, 4.69) is 38.0 Å². The fourth-order valence-corrected chi connectivity index (χ4v) is 3.71. The maximum absolute atomic E-state index is 12.3. The minimum Gasteiger partial charge on any atom is -0.383 e. The third kappa shape index (κ3) is 4.62. The molecule has 3 rings (SSSR count). The fourth-order valence-electron chi connectivity index (χ4n) is 2.95. The van der Waals surface area contributed by atoms with Crippen LogP contribution in [0.2, 0.25) is 25.7 Å². The predicted molar refractivity (Wildman–Crippen MR) is 110 cm³/mol. The summed E-state index contributed by atoms with van der Waals surface area (Å²) in [5.74, 6) is 0.651. The molecule has 0 spiro atoms. The zero-order valence-electron chi connectivity index (χ0n) is 16.2. The molecule has 26 heavy (non-hydrogen) atoms. The van der Waals surface area contributed by atoms with Gasteiger partial charge in [-0.15, -0.1) is 0 Å². The number of ether oxygens (including phenoxy) is 1. The highest BCUT2D eigenvalue weighted by Crippen LogP contribution is 2.20. The standard InChI is InChI=1S/C20H29N3O2Si/c1-15-5-6-16(21-13-15)17-7-9-19-18(22-17)8-10-20(24)23(19)14-25-11-12-26(2,3)4/h6-10,15,21H,5,11-14H2,1-4H3. The summed E-state index contributed by atoms with van der Waals surface area (Å²) in [4.78, 5) is 17.0. The Labute approximate surface area is 156 Å². The van der Waals surface area contributed by atoms with Crippen molar-refractivity contribution >= 4 is 24.8 Å². The zero-order chi connectivity index (χ0) is 18.7. The molecule has 1 aliphatic heterocycles. The van der Waals surface area contributed by atoms with E-state index >= 15 is 0 Å². The Hall–Kier alpha value is -1.92. The summed E-state index contributed by atoms with van der Waals surface area (Å²) in [6.07, 6.45) is 3.27. The van der Waals surface area contributed by atoms with Crippen LogP contribution in [0.15, 0.2) is 35.1 Å². The van der Waals surface area contributed by atoms with E-state index < -0.39 is 8.07 Å². The molecule has 2 aromatic heterocycles. The molecular weight excluding hydrogens is 342 g/mol. The Morgan fingerprint density at radius 2 is 2.08 bits per heavy atom. The number of rotatable bonds is 6. The molecular formula is C20H29N3O2Si. The van der Waals surface area contributed by atoms with Crippen molar-refractivity contribution in [2.24, 2.45) is 5.92 Å². The summed E-state index contributed by atoms with van der Waals surface area (Å²) >= 11 is 0. The highest BCUT2D eigenvalue weighted by molar-refractivity contribution is 6.76. The molecule has 1 aliphatic rings. The molecule has 0 aromatic carbocycles. The number of pyridine rings is 2. The van der Waals surface area contributed by atoms with E-state index in [0.717, 1.165) is 41.4 Å². The van der Waals surface area contributed by atoms with Crippen LogP contribution in [-0.2, 0) is 11.5 Å². The van der Waals surface area contributed by atoms with E-state index in [1.807, 2.05) is 12.1 Å². The van der Waals surface area contributed by atoms with Crippen LogP contribution in [-0.4, -0.2) is 30.8 Å². The van der Waals surface area contributed by atoms with E-state index in [9.17, 15) is 4.79 Å². The molecule has 0 fully saturated rings. The predicted octanol–water partition coefficient (Wildman–Crippen LogP) is 3.68. The Balaban J connectivity index is 1.81. The highest BCUT2D eigenvalue weighted by Gasteiger charge is 2.14.